The summed E-state index contributed by atoms with van der Waals surface area (Å²) in [5, 5.41) is 20.2. The highest BCUT2D eigenvalue weighted by Gasteiger charge is 2.47. The van der Waals surface area contributed by atoms with E-state index in [0.29, 0.717) is 25.7 Å². The predicted octanol–water partition coefficient (Wildman–Crippen LogP) is -2.53. The van der Waals surface area contributed by atoms with Gasteiger partial charge in [-0.15, -0.1) is 0 Å². The molecule has 2 rings (SSSR count). The fourth-order valence-electron chi connectivity index (χ4n) is 4.30. The standard InChI is InChI=1S/C22H34N4O11.C5H7NO3/c1-22(37-20(33)13(24)7-9-16(26)28,21(34)36-19(32)12(23)6-8-15(25)27)10-14(17(29)30)35-18(31)11-4-2-3-5-11;7-4-2-1-3(6-4)5(8)9/h11-14H,2-10,23-24H2,1H3,(H2,25,27)(H2,26,28)(H,29,30);3H,1-2H2,(H,6,7)(H,8,9)/t12-,13-,14?,22?;3-/m00/s1. The van der Waals surface area contributed by atoms with Crippen molar-refractivity contribution in [2.75, 3.05) is 0 Å². The molecule has 11 N–H and O–H groups in total. The number of amides is 3. The number of nitrogens with one attached hydrogen (secondary N) is 1. The summed E-state index contributed by atoms with van der Waals surface area (Å²) in [7, 11) is 0. The van der Waals surface area contributed by atoms with Crippen molar-refractivity contribution in [3.05, 3.63) is 0 Å². The Kier molecular flexibility index (Phi) is 15.7. The normalized spacial score (nSPS) is 19.1. The maximum Gasteiger partial charge on any atom is 0.358 e. The molecule has 46 heavy (non-hydrogen) atoms. The third-order valence-corrected chi connectivity index (χ3v) is 7.05. The van der Waals surface area contributed by atoms with Crippen LogP contribution in [0.25, 0.3) is 0 Å². The predicted molar refractivity (Wildman–Crippen MR) is 151 cm³/mol. The number of carbonyl (C=O) groups is 9. The number of carboxylic acids is 2. The lowest BCUT2D eigenvalue weighted by Gasteiger charge is -2.30. The molecule has 258 valence electrons. The molecule has 0 aromatic carbocycles. The second-order valence-corrected chi connectivity index (χ2v) is 11.0. The maximum absolute atomic E-state index is 12.9. The van der Waals surface area contributed by atoms with Gasteiger partial charge in [0.05, 0.1) is 5.92 Å². The zero-order valence-corrected chi connectivity index (χ0v) is 25.3. The maximum atomic E-state index is 12.9. The van der Waals surface area contributed by atoms with E-state index in [1.165, 1.54) is 0 Å². The monoisotopic (exact) mass is 659 g/mol. The summed E-state index contributed by atoms with van der Waals surface area (Å²) < 4.78 is 14.9. The molecule has 0 spiro atoms. The van der Waals surface area contributed by atoms with Gasteiger partial charge in [-0.3, -0.25) is 24.0 Å². The van der Waals surface area contributed by atoms with Crippen molar-refractivity contribution in [3.63, 3.8) is 0 Å². The molecule has 1 saturated carbocycles. The molecule has 2 aliphatic rings. The number of hydrogen-bond acceptors (Lipinski definition) is 14. The lowest BCUT2D eigenvalue weighted by molar-refractivity contribution is -0.193. The van der Waals surface area contributed by atoms with Gasteiger partial charge in [0.1, 0.15) is 18.1 Å². The van der Waals surface area contributed by atoms with E-state index in [2.05, 4.69) is 5.32 Å². The zero-order valence-electron chi connectivity index (χ0n) is 25.3. The Balaban J connectivity index is 0.00000100. The highest BCUT2D eigenvalue weighted by Crippen LogP contribution is 2.28. The van der Waals surface area contributed by atoms with Crippen molar-refractivity contribution in [1.29, 1.82) is 0 Å². The fourth-order valence-corrected chi connectivity index (χ4v) is 4.30. The van der Waals surface area contributed by atoms with Crippen LogP contribution in [-0.2, 0) is 57.4 Å². The molecular formula is C27H41N5O14. The molecule has 19 heteroatoms. The summed E-state index contributed by atoms with van der Waals surface area (Å²) in [5.41, 5.74) is 18.8. The van der Waals surface area contributed by atoms with Gasteiger partial charge in [0.25, 0.3) is 0 Å². The molecule has 19 nitrogen and oxygen atoms in total. The van der Waals surface area contributed by atoms with Crippen LogP contribution in [-0.4, -0.2) is 93.6 Å². The van der Waals surface area contributed by atoms with Gasteiger partial charge in [-0.25, -0.2) is 19.2 Å². The van der Waals surface area contributed by atoms with Gasteiger partial charge < -0.3 is 52.7 Å². The van der Waals surface area contributed by atoms with E-state index < -0.39 is 89.8 Å². The van der Waals surface area contributed by atoms with Gasteiger partial charge in [0.2, 0.25) is 29.4 Å². The molecule has 5 atom stereocenters. The fraction of sp³-hybridized carbons (Fsp3) is 0.667. The van der Waals surface area contributed by atoms with Crippen LogP contribution in [0, 0.1) is 5.92 Å². The van der Waals surface area contributed by atoms with Crippen LogP contribution >= 0.6 is 0 Å². The average molecular weight is 660 g/mol. The number of esters is 4. The number of rotatable bonds is 16. The summed E-state index contributed by atoms with van der Waals surface area (Å²) in [6, 6.07) is -3.54. The number of carbonyl (C=O) groups excluding carboxylic acids is 7. The molecule has 1 aliphatic carbocycles. The van der Waals surface area contributed by atoms with E-state index in [0.717, 1.165) is 19.8 Å². The lowest BCUT2D eigenvalue weighted by atomic mass is 9.97. The highest BCUT2D eigenvalue weighted by molar-refractivity contribution is 5.94. The quantitative estimate of drug-likeness (QED) is 0.0510. The molecule has 1 heterocycles. The van der Waals surface area contributed by atoms with Crippen molar-refractivity contribution in [1.82, 2.24) is 5.32 Å². The van der Waals surface area contributed by atoms with Gasteiger partial charge in [0.15, 0.2) is 0 Å². The topological polar surface area (TPSA) is 338 Å². The number of carboxylic acid groups (broad SMARTS) is 2. The van der Waals surface area contributed by atoms with Crippen molar-refractivity contribution < 1.29 is 67.6 Å². The third-order valence-electron chi connectivity index (χ3n) is 7.05. The molecular weight excluding hydrogens is 618 g/mol. The first-order valence-corrected chi connectivity index (χ1v) is 14.4. The summed E-state index contributed by atoms with van der Waals surface area (Å²) in [6.07, 6.45) is -0.673. The average Bonchev–Trinajstić information content (AvgIpc) is 3.66. The molecule has 0 aromatic heterocycles. The number of primary amides is 2. The number of hydrogen-bond donors (Lipinski definition) is 7. The van der Waals surface area contributed by atoms with Crippen molar-refractivity contribution in [3.8, 4) is 0 Å². The first-order valence-electron chi connectivity index (χ1n) is 14.4. The van der Waals surface area contributed by atoms with E-state index in [9.17, 15) is 48.3 Å². The van der Waals surface area contributed by atoms with Gasteiger partial charge in [-0.2, -0.15) is 0 Å². The molecule has 3 amide bonds. The minimum Gasteiger partial charge on any atom is -0.480 e. The first kappa shape index (κ1) is 39.4. The van der Waals surface area contributed by atoms with Gasteiger partial charge in [-0.05, 0) is 39.0 Å². The Labute approximate surface area is 263 Å². The Morgan fingerprint density at radius 2 is 1.41 bits per heavy atom. The van der Waals surface area contributed by atoms with Crippen LogP contribution in [0.5, 0.6) is 0 Å². The van der Waals surface area contributed by atoms with Crippen molar-refractivity contribution >= 4 is 53.5 Å². The first-order chi connectivity index (χ1) is 21.4. The van der Waals surface area contributed by atoms with Crippen LogP contribution in [0.2, 0.25) is 0 Å². The van der Waals surface area contributed by atoms with Gasteiger partial charge in [0, 0.05) is 25.7 Å². The Morgan fingerprint density at radius 1 is 0.891 bits per heavy atom. The van der Waals surface area contributed by atoms with Crippen LogP contribution in [0.1, 0.15) is 77.6 Å². The van der Waals surface area contributed by atoms with Crippen LogP contribution < -0.4 is 28.3 Å². The SMILES string of the molecule is CC(CC(OC(=O)C1CCCC1)C(=O)O)(OC(=O)[C@@H](N)CCC(N)=O)C(=O)OC(=O)[C@@H](N)CCC(N)=O.O=C1CC[C@@H](C(=O)O)N1. The summed E-state index contributed by atoms with van der Waals surface area (Å²) >= 11 is 0. The summed E-state index contributed by atoms with van der Waals surface area (Å²) in [4.78, 5) is 104. The van der Waals surface area contributed by atoms with E-state index in [1.807, 2.05) is 0 Å². The number of aliphatic carboxylic acids is 2. The Morgan fingerprint density at radius 3 is 1.83 bits per heavy atom. The molecule has 0 aromatic rings. The number of ether oxygens (including phenoxy) is 3. The molecule has 0 radical (unpaired) electrons. The molecule has 0 bridgehead atoms. The summed E-state index contributed by atoms with van der Waals surface area (Å²) in [5.74, 6) is -9.65. The Bertz CT molecular complexity index is 1190. The second-order valence-electron chi connectivity index (χ2n) is 11.0. The molecule has 1 aliphatic heterocycles. The van der Waals surface area contributed by atoms with E-state index in [4.69, 9.17) is 42.3 Å². The molecule has 2 fully saturated rings. The Hall–Kier alpha value is -4.65. The largest absolute Gasteiger partial charge is 0.480 e. The highest BCUT2D eigenvalue weighted by atomic mass is 16.6. The smallest absolute Gasteiger partial charge is 0.358 e. The second kappa shape index (κ2) is 18.4. The zero-order chi connectivity index (χ0) is 35.2. The minimum absolute atomic E-state index is 0.164. The van der Waals surface area contributed by atoms with Crippen LogP contribution in [0.15, 0.2) is 0 Å². The van der Waals surface area contributed by atoms with Gasteiger partial charge in [-0.1, -0.05) is 12.8 Å². The number of nitrogens with two attached hydrogens (primary N) is 4. The minimum atomic E-state index is -2.49. The molecule has 1 saturated heterocycles. The van der Waals surface area contributed by atoms with Crippen molar-refractivity contribution in [2.45, 2.75) is 107 Å². The van der Waals surface area contributed by atoms with Gasteiger partial charge >= 0.3 is 35.8 Å². The van der Waals surface area contributed by atoms with E-state index >= 15 is 0 Å². The van der Waals surface area contributed by atoms with Crippen LogP contribution in [0.3, 0.4) is 0 Å². The molecule has 2 unspecified atom stereocenters. The van der Waals surface area contributed by atoms with Crippen LogP contribution in [0.4, 0.5) is 0 Å². The third kappa shape index (κ3) is 13.6. The van der Waals surface area contributed by atoms with E-state index in [1.54, 1.807) is 0 Å². The van der Waals surface area contributed by atoms with E-state index in [-0.39, 0.29) is 31.6 Å². The lowest BCUT2D eigenvalue weighted by Crippen LogP contribution is -2.51. The van der Waals surface area contributed by atoms with Crippen molar-refractivity contribution in [2.24, 2.45) is 28.9 Å². The summed E-state index contributed by atoms with van der Waals surface area (Å²) in [6.45, 7) is 0.940.